The van der Waals surface area contributed by atoms with E-state index in [0.29, 0.717) is 11.4 Å². The lowest BCUT2D eigenvalue weighted by Gasteiger charge is -2.10. The highest BCUT2D eigenvalue weighted by atomic mass is 35.5. The van der Waals surface area contributed by atoms with Crippen LogP contribution in [0.25, 0.3) is 0 Å². The van der Waals surface area contributed by atoms with Crippen molar-refractivity contribution in [2.24, 2.45) is 0 Å². The molecule has 2 rings (SSSR count). The fourth-order valence-electron chi connectivity index (χ4n) is 2.18. The van der Waals surface area contributed by atoms with E-state index in [-0.39, 0.29) is 5.91 Å². The van der Waals surface area contributed by atoms with Crippen LogP contribution in [0.15, 0.2) is 36.4 Å². The third-order valence-corrected chi connectivity index (χ3v) is 3.55. The first-order chi connectivity index (χ1) is 9.45. The van der Waals surface area contributed by atoms with Gasteiger partial charge in [-0.3, -0.25) is 4.79 Å². The average Bonchev–Trinajstić information content (AvgIpc) is 2.36. The van der Waals surface area contributed by atoms with Gasteiger partial charge in [0.1, 0.15) is 0 Å². The third-order valence-electron chi connectivity index (χ3n) is 3.31. The van der Waals surface area contributed by atoms with Crippen LogP contribution >= 0.6 is 11.6 Å². The molecule has 2 aromatic carbocycles. The van der Waals surface area contributed by atoms with Crippen LogP contribution in [0, 0.1) is 20.8 Å². The van der Waals surface area contributed by atoms with Crippen molar-refractivity contribution >= 4 is 23.2 Å². The van der Waals surface area contributed by atoms with Gasteiger partial charge in [-0.25, -0.2) is 0 Å². The smallest absolute Gasteiger partial charge is 0.228 e. The highest BCUT2D eigenvalue weighted by molar-refractivity contribution is 6.30. The molecular weight excluding hydrogens is 270 g/mol. The van der Waals surface area contributed by atoms with Crippen LogP contribution in [0.1, 0.15) is 22.3 Å². The summed E-state index contributed by atoms with van der Waals surface area (Å²) in [6.07, 6.45) is 0.383. The monoisotopic (exact) mass is 287 g/mol. The number of hydrogen-bond acceptors (Lipinski definition) is 1. The fourth-order valence-corrected chi connectivity index (χ4v) is 2.41. The highest BCUT2D eigenvalue weighted by Gasteiger charge is 2.08. The first kappa shape index (κ1) is 14.6. The summed E-state index contributed by atoms with van der Waals surface area (Å²) in [5.74, 6) is -0.0117. The van der Waals surface area contributed by atoms with Crippen LogP contribution in [-0.2, 0) is 11.2 Å². The fraction of sp³-hybridized carbons (Fsp3) is 0.235. The van der Waals surface area contributed by atoms with Gasteiger partial charge in [0.15, 0.2) is 0 Å². The third kappa shape index (κ3) is 3.61. The maximum absolute atomic E-state index is 12.1. The number of aryl methyl sites for hydroxylation is 3. The van der Waals surface area contributed by atoms with Crippen molar-refractivity contribution in [1.29, 1.82) is 0 Å². The number of anilines is 1. The minimum absolute atomic E-state index is 0.0117. The zero-order chi connectivity index (χ0) is 14.7. The van der Waals surface area contributed by atoms with Crippen LogP contribution in [0.4, 0.5) is 5.69 Å². The van der Waals surface area contributed by atoms with Crippen LogP contribution in [0.2, 0.25) is 5.02 Å². The normalized spacial score (nSPS) is 10.4. The molecule has 0 heterocycles. The number of benzene rings is 2. The Morgan fingerprint density at radius 2 is 1.80 bits per heavy atom. The number of amides is 1. The van der Waals surface area contributed by atoms with Gasteiger partial charge in [0.05, 0.1) is 6.42 Å². The van der Waals surface area contributed by atoms with Gasteiger partial charge in [-0.15, -0.1) is 0 Å². The molecule has 0 aliphatic heterocycles. The second-order valence-electron chi connectivity index (χ2n) is 5.11. The van der Waals surface area contributed by atoms with Gasteiger partial charge in [-0.2, -0.15) is 0 Å². The summed E-state index contributed by atoms with van der Waals surface area (Å²) >= 11 is 5.91. The summed E-state index contributed by atoms with van der Waals surface area (Å²) in [5.41, 5.74) is 5.18. The SMILES string of the molecule is Cc1ccc(CC(=O)Nc2ccc(Cl)cc2C)c(C)c1. The quantitative estimate of drug-likeness (QED) is 0.888. The van der Waals surface area contributed by atoms with E-state index in [1.54, 1.807) is 6.07 Å². The first-order valence-corrected chi connectivity index (χ1v) is 6.95. The van der Waals surface area contributed by atoms with Crippen molar-refractivity contribution in [2.75, 3.05) is 5.32 Å². The Balaban J connectivity index is 2.09. The Hall–Kier alpha value is -1.80. The number of nitrogens with one attached hydrogen (secondary N) is 1. The Kier molecular flexibility index (Phi) is 4.46. The largest absolute Gasteiger partial charge is 0.326 e. The van der Waals surface area contributed by atoms with E-state index in [9.17, 15) is 4.79 Å². The predicted molar refractivity (Wildman–Crippen MR) is 84.4 cm³/mol. The summed E-state index contributed by atoms with van der Waals surface area (Å²) in [7, 11) is 0. The van der Waals surface area contributed by atoms with Crippen molar-refractivity contribution in [2.45, 2.75) is 27.2 Å². The van der Waals surface area contributed by atoms with Gasteiger partial charge in [0.2, 0.25) is 5.91 Å². The van der Waals surface area contributed by atoms with Gasteiger partial charge in [0.25, 0.3) is 0 Å². The summed E-state index contributed by atoms with van der Waals surface area (Å²) in [6.45, 7) is 6.01. The minimum Gasteiger partial charge on any atom is -0.326 e. The molecule has 0 saturated heterocycles. The van der Waals surface area contributed by atoms with Crippen LogP contribution in [0.5, 0.6) is 0 Å². The molecule has 2 nitrogen and oxygen atoms in total. The topological polar surface area (TPSA) is 29.1 Å². The predicted octanol–water partition coefficient (Wildman–Crippen LogP) is 4.45. The molecule has 0 unspecified atom stereocenters. The lowest BCUT2D eigenvalue weighted by Crippen LogP contribution is -2.15. The second-order valence-corrected chi connectivity index (χ2v) is 5.55. The Labute approximate surface area is 124 Å². The Morgan fingerprint density at radius 1 is 1.05 bits per heavy atom. The number of rotatable bonds is 3. The van der Waals surface area contributed by atoms with Crippen molar-refractivity contribution < 1.29 is 4.79 Å². The standard InChI is InChI=1S/C17H18ClNO/c1-11-4-5-14(12(2)8-11)10-17(20)19-16-7-6-15(18)9-13(16)3/h4-9H,10H2,1-3H3,(H,19,20). The first-order valence-electron chi connectivity index (χ1n) is 6.58. The minimum atomic E-state index is -0.0117. The van der Waals surface area contributed by atoms with Gasteiger partial charge >= 0.3 is 0 Å². The van der Waals surface area contributed by atoms with Gasteiger partial charge < -0.3 is 5.32 Å². The molecule has 3 heteroatoms. The van der Waals surface area contributed by atoms with Gasteiger partial charge in [0, 0.05) is 10.7 Å². The molecule has 1 N–H and O–H groups in total. The summed E-state index contributed by atoms with van der Waals surface area (Å²) < 4.78 is 0. The van der Waals surface area contributed by atoms with E-state index in [1.807, 2.05) is 45.0 Å². The molecule has 104 valence electrons. The average molecular weight is 288 g/mol. The molecule has 0 radical (unpaired) electrons. The Bertz CT molecular complexity index is 594. The molecule has 0 aliphatic rings. The maximum atomic E-state index is 12.1. The zero-order valence-electron chi connectivity index (χ0n) is 12.0. The van der Waals surface area contributed by atoms with Crippen molar-refractivity contribution in [3.05, 3.63) is 63.7 Å². The molecule has 0 atom stereocenters. The molecule has 2 aromatic rings. The van der Waals surface area contributed by atoms with Crippen molar-refractivity contribution in [3.63, 3.8) is 0 Å². The number of carbonyl (C=O) groups excluding carboxylic acids is 1. The van der Waals surface area contributed by atoms with E-state index < -0.39 is 0 Å². The zero-order valence-corrected chi connectivity index (χ0v) is 12.7. The summed E-state index contributed by atoms with van der Waals surface area (Å²) in [4.78, 5) is 12.1. The van der Waals surface area contributed by atoms with Crippen molar-refractivity contribution in [3.8, 4) is 0 Å². The Morgan fingerprint density at radius 3 is 2.45 bits per heavy atom. The molecule has 0 fully saturated rings. The maximum Gasteiger partial charge on any atom is 0.228 e. The summed E-state index contributed by atoms with van der Waals surface area (Å²) in [6, 6.07) is 11.6. The lowest BCUT2D eigenvalue weighted by atomic mass is 10.0. The van der Waals surface area contributed by atoms with Crippen molar-refractivity contribution in [1.82, 2.24) is 0 Å². The molecule has 0 saturated carbocycles. The van der Waals surface area contributed by atoms with Gasteiger partial charge in [-0.1, -0.05) is 35.4 Å². The van der Waals surface area contributed by atoms with E-state index in [2.05, 4.69) is 11.4 Å². The highest BCUT2D eigenvalue weighted by Crippen LogP contribution is 2.20. The van der Waals surface area contributed by atoms with E-state index in [4.69, 9.17) is 11.6 Å². The number of hydrogen-bond donors (Lipinski definition) is 1. The van der Waals surface area contributed by atoms with Crippen LogP contribution in [-0.4, -0.2) is 5.91 Å². The number of carbonyl (C=O) groups is 1. The molecule has 0 bridgehead atoms. The van der Waals surface area contributed by atoms with E-state index in [0.717, 1.165) is 22.4 Å². The van der Waals surface area contributed by atoms with Gasteiger partial charge in [-0.05, 0) is 55.7 Å². The van der Waals surface area contributed by atoms with E-state index in [1.165, 1.54) is 5.56 Å². The van der Waals surface area contributed by atoms with Crippen LogP contribution in [0.3, 0.4) is 0 Å². The molecule has 0 aromatic heterocycles. The molecule has 20 heavy (non-hydrogen) atoms. The van der Waals surface area contributed by atoms with Crippen LogP contribution < -0.4 is 5.32 Å². The molecule has 0 spiro atoms. The molecular formula is C17H18ClNO. The van der Waals surface area contributed by atoms with E-state index >= 15 is 0 Å². The second kappa shape index (κ2) is 6.10. The molecule has 1 amide bonds. The number of halogens is 1. The summed E-state index contributed by atoms with van der Waals surface area (Å²) in [5, 5.41) is 3.61. The lowest BCUT2D eigenvalue weighted by molar-refractivity contribution is -0.115. The molecule has 0 aliphatic carbocycles.